The van der Waals surface area contributed by atoms with Gasteiger partial charge in [0.1, 0.15) is 0 Å². The van der Waals surface area contributed by atoms with E-state index >= 15 is 0 Å². The highest BCUT2D eigenvalue weighted by atomic mass is 32.1. The summed E-state index contributed by atoms with van der Waals surface area (Å²) in [7, 11) is 1.63. The minimum atomic E-state index is -0.0262. The molecule has 6 heteroatoms. The van der Waals surface area contributed by atoms with Gasteiger partial charge in [-0.3, -0.25) is 4.79 Å². The highest BCUT2D eigenvalue weighted by Crippen LogP contribution is 2.06. The van der Waals surface area contributed by atoms with Gasteiger partial charge in [-0.2, -0.15) is 0 Å². The first-order valence-electron chi connectivity index (χ1n) is 5.09. The number of nitrogens with one attached hydrogen (secondary N) is 2. The number of hydrogen-bond donors (Lipinski definition) is 2. The minimum absolute atomic E-state index is 0.0262. The summed E-state index contributed by atoms with van der Waals surface area (Å²) in [6.45, 7) is 4.04. The van der Waals surface area contributed by atoms with Crippen LogP contribution in [0.1, 0.15) is 10.7 Å². The Morgan fingerprint density at radius 2 is 2.44 bits per heavy atom. The molecule has 1 heterocycles. The Morgan fingerprint density at radius 1 is 1.62 bits per heavy atom. The summed E-state index contributed by atoms with van der Waals surface area (Å²) in [4.78, 5) is 15.6. The Morgan fingerprint density at radius 3 is 3.06 bits per heavy atom. The fraction of sp³-hybridized carbons (Fsp3) is 0.600. The molecule has 0 saturated heterocycles. The van der Waals surface area contributed by atoms with Crippen LogP contribution in [-0.4, -0.2) is 37.7 Å². The molecule has 0 spiro atoms. The van der Waals surface area contributed by atoms with Crippen molar-refractivity contribution in [3.63, 3.8) is 0 Å². The molecule has 90 valence electrons. The number of carbonyl (C=O) groups excluding carboxylic acids is 1. The molecule has 0 aliphatic rings. The number of amides is 1. The lowest BCUT2D eigenvalue weighted by Gasteiger charge is -2.04. The van der Waals surface area contributed by atoms with Crippen LogP contribution in [0.4, 0.5) is 0 Å². The van der Waals surface area contributed by atoms with Crippen molar-refractivity contribution in [2.75, 3.05) is 26.8 Å². The number of rotatable bonds is 7. The van der Waals surface area contributed by atoms with E-state index in [1.165, 1.54) is 0 Å². The Bertz CT molecular complexity index is 328. The second kappa shape index (κ2) is 7.32. The van der Waals surface area contributed by atoms with Crippen molar-refractivity contribution in [3.8, 4) is 0 Å². The van der Waals surface area contributed by atoms with Crippen LogP contribution in [0.3, 0.4) is 0 Å². The monoisotopic (exact) mass is 243 g/mol. The van der Waals surface area contributed by atoms with E-state index in [-0.39, 0.29) is 5.91 Å². The van der Waals surface area contributed by atoms with Gasteiger partial charge in [0.2, 0.25) is 5.91 Å². The number of ether oxygens (including phenoxy) is 1. The lowest BCUT2D eigenvalue weighted by Crippen LogP contribution is -2.34. The Kier molecular flexibility index (Phi) is 5.99. The number of aryl methyl sites for hydroxylation is 1. The first-order valence-corrected chi connectivity index (χ1v) is 5.97. The number of thiazole rings is 1. The van der Waals surface area contributed by atoms with Crippen molar-refractivity contribution in [1.82, 2.24) is 15.6 Å². The van der Waals surface area contributed by atoms with E-state index in [2.05, 4.69) is 15.6 Å². The maximum Gasteiger partial charge on any atom is 0.234 e. The summed E-state index contributed by atoms with van der Waals surface area (Å²) in [5.41, 5.74) is 0.910. The molecule has 0 radical (unpaired) electrons. The molecule has 0 aliphatic carbocycles. The van der Waals surface area contributed by atoms with Gasteiger partial charge < -0.3 is 15.4 Å². The zero-order chi connectivity index (χ0) is 11.8. The van der Waals surface area contributed by atoms with Gasteiger partial charge in [0.25, 0.3) is 0 Å². The Labute approximate surface area is 99.2 Å². The van der Waals surface area contributed by atoms with Gasteiger partial charge in [-0.05, 0) is 6.92 Å². The molecular formula is C10H17N3O2S. The van der Waals surface area contributed by atoms with E-state index in [0.717, 1.165) is 10.7 Å². The summed E-state index contributed by atoms with van der Waals surface area (Å²) in [5, 5.41) is 8.73. The van der Waals surface area contributed by atoms with Crippen molar-refractivity contribution in [1.29, 1.82) is 0 Å². The largest absolute Gasteiger partial charge is 0.383 e. The number of nitrogens with zero attached hydrogens (tertiary/aromatic N) is 1. The fourth-order valence-electron chi connectivity index (χ4n) is 1.12. The zero-order valence-electron chi connectivity index (χ0n) is 9.58. The van der Waals surface area contributed by atoms with Crippen molar-refractivity contribution in [2.24, 2.45) is 0 Å². The number of carbonyl (C=O) groups is 1. The number of aromatic nitrogens is 1. The zero-order valence-corrected chi connectivity index (χ0v) is 10.4. The molecule has 0 atom stereocenters. The molecule has 2 N–H and O–H groups in total. The topological polar surface area (TPSA) is 63.2 Å². The van der Waals surface area contributed by atoms with E-state index < -0.39 is 0 Å². The van der Waals surface area contributed by atoms with Crippen LogP contribution in [0.5, 0.6) is 0 Å². The van der Waals surface area contributed by atoms with Gasteiger partial charge in [-0.15, -0.1) is 11.3 Å². The third-order valence-corrected chi connectivity index (χ3v) is 2.72. The first kappa shape index (κ1) is 13.1. The highest BCUT2D eigenvalue weighted by molar-refractivity contribution is 7.09. The Hall–Kier alpha value is -0.980. The third-order valence-electron chi connectivity index (χ3n) is 1.90. The summed E-state index contributed by atoms with van der Waals surface area (Å²) < 4.78 is 4.85. The van der Waals surface area contributed by atoms with Crippen LogP contribution >= 0.6 is 11.3 Å². The fourth-order valence-corrected chi connectivity index (χ4v) is 1.73. The lowest BCUT2D eigenvalue weighted by molar-refractivity contribution is -0.120. The number of methoxy groups -OCH3 is 1. The molecule has 1 aromatic rings. The second-order valence-electron chi connectivity index (χ2n) is 3.30. The standard InChI is InChI=1S/C10H17N3O2S/c1-8-13-9(7-16-8)5-12-10(14)6-11-3-4-15-2/h7,11H,3-6H2,1-2H3,(H,12,14). The SMILES string of the molecule is COCCNCC(=O)NCc1csc(C)n1. The highest BCUT2D eigenvalue weighted by Gasteiger charge is 2.02. The second-order valence-corrected chi connectivity index (χ2v) is 4.37. The first-order chi connectivity index (χ1) is 7.72. The minimum Gasteiger partial charge on any atom is -0.383 e. The van der Waals surface area contributed by atoms with Crippen LogP contribution in [0.15, 0.2) is 5.38 Å². The molecule has 0 bridgehead atoms. The molecule has 1 amide bonds. The maximum atomic E-state index is 11.3. The molecule has 0 saturated carbocycles. The van der Waals surface area contributed by atoms with Gasteiger partial charge in [0.05, 0.1) is 30.4 Å². The third kappa shape index (κ3) is 5.20. The van der Waals surface area contributed by atoms with Crippen LogP contribution in [0, 0.1) is 6.92 Å². The molecule has 0 unspecified atom stereocenters. The summed E-state index contributed by atoms with van der Waals surface area (Å²) >= 11 is 1.59. The number of hydrogen-bond acceptors (Lipinski definition) is 5. The predicted octanol–water partition coefficient (Wildman–Crippen LogP) is 0.304. The van der Waals surface area contributed by atoms with Gasteiger partial charge in [-0.1, -0.05) is 0 Å². The molecule has 1 aromatic heterocycles. The predicted molar refractivity (Wildman–Crippen MR) is 63.4 cm³/mol. The average Bonchev–Trinajstić information content (AvgIpc) is 2.68. The molecule has 0 aliphatic heterocycles. The maximum absolute atomic E-state index is 11.3. The van der Waals surface area contributed by atoms with E-state index in [1.54, 1.807) is 18.4 Å². The quantitative estimate of drug-likeness (QED) is 0.676. The van der Waals surface area contributed by atoms with E-state index in [1.807, 2.05) is 12.3 Å². The summed E-state index contributed by atoms with van der Waals surface area (Å²) in [6, 6.07) is 0. The lowest BCUT2D eigenvalue weighted by atomic mass is 10.4. The van der Waals surface area contributed by atoms with Gasteiger partial charge in [-0.25, -0.2) is 4.98 Å². The molecule has 0 fully saturated rings. The van der Waals surface area contributed by atoms with E-state index in [9.17, 15) is 4.79 Å². The van der Waals surface area contributed by atoms with Crippen molar-refractivity contribution in [2.45, 2.75) is 13.5 Å². The van der Waals surface area contributed by atoms with Crippen molar-refractivity contribution >= 4 is 17.2 Å². The van der Waals surface area contributed by atoms with Crippen molar-refractivity contribution in [3.05, 3.63) is 16.1 Å². The van der Waals surface area contributed by atoms with Crippen LogP contribution in [-0.2, 0) is 16.1 Å². The average molecular weight is 243 g/mol. The molecule has 16 heavy (non-hydrogen) atoms. The van der Waals surface area contributed by atoms with Crippen LogP contribution in [0.25, 0.3) is 0 Å². The normalized spacial score (nSPS) is 10.4. The van der Waals surface area contributed by atoms with Crippen LogP contribution < -0.4 is 10.6 Å². The molecule has 0 aromatic carbocycles. The smallest absolute Gasteiger partial charge is 0.234 e. The van der Waals surface area contributed by atoms with E-state index in [4.69, 9.17) is 4.74 Å². The molecular weight excluding hydrogens is 226 g/mol. The van der Waals surface area contributed by atoms with Crippen molar-refractivity contribution < 1.29 is 9.53 Å². The van der Waals surface area contributed by atoms with Gasteiger partial charge in [0, 0.05) is 19.0 Å². The summed E-state index contributed by atoms with van der Waals surface area (Å²) in [5.74, 6) is -0.0262. The van der Waals surface area contributed by atoms with Gasteiger partial charge >= 0.3 is 0 Å². The van der Waals surface area contributed by atoms with Gasteiger partial charge in [0.15, 0.2) is 0 Å². The van der Waals surface area contributed by atoms with E-state index in [0.29, 0.717) is 26.2 Å². The molecule has 1 rings (SSSR count). The summed E-state index contributed by atoms with van der Waals surface area (Å²) in [6.07, 6.45) is 0. The van der Waals surface area contributed by atoms with Crippen LogP contribution in [0.2, 0.25) is 0 Å². The Balaban J connectivity index is 2.10. The molecule has 5 nitrogen and oxygen atoms in total.